The first-order valence-electron chi connectivity index (χ1n) is 6.67. The Morgan fingerprint density at radius 1 is 1.14 bits per heavy atom. The number of rotatable bonds is 4. The molecule has 0 radical (unpaired) electrons. The molecule has 0 spiro atoms. The molecule has 1 amide bonds. The summed E-state index contributed by atoms with van der Waals surface area (Å²) in [5.41, 5.74) is 1.75. The molecule has 1 heterocycles. The van der Waals surface area contributed by atoms with Gasteiger partial charge in [0.2, 0.25) is 0 Å². The largest absolute Gasteiger partial charge is 0.465 e. The molecule has 0 saturated carbocycles. The highest BCUT2D eigenvalue weighted by molar-refractivity contribution is 9.10. The first-order chi connectivity index (χ1) is 10.4. The lowest BCUT2D eigenvalue weighted by Gasteiger charge is -2.07. The molecule has 0 unspecified atom stereocenters. The van der Waals surface area contributed by atoms with Gasteiger partial charge in [-0.2, -0.15) is 0 Å². The van der Waals surface area contributed by atoms with Gasteiger partial charge >= 0.3 is 5.97 Å². The number of anilines is 1. The molecule has 0 saturated heterocycles. The SMILES string of the molecule is Cc1oc(C)c(C(=O)OCC(=O)Nc2ccc(Br)cc2)c1C. The zero-order valence-electron chi connectivity index (χ0n) is 12.5. The number of carbonyl (C=O) groups is 2. The van der Waals surface area contributed by atoms with Gasteiger partial charge in [-0.15, -0.1) is 0 Å². The lowest BCUT2D eigenvalue weighted by atomic mass is 10.1. The van der Waals surface area contributed by atoms with Crippen molar-refractivity contribution in [2.45, 2.75) is 20.8 Å². The van der Waals surface area contributed by atoms with E-state index in [1.54, 1.807) is 32.9 Å². The van der Waals surface area contributed by atoms with E-state index in [2.05, 4.69) is 21.2 Å². The highest BCUT2D eigenvalue weighted by Gasteiger charge is 2.20. The standard InChI is InChI=1S/C16H16BrNO4/c1-9-10(2)22-11(3)15(9)16(20)21-8-14(19)18-13-6-4-12(17)5-7-13/h4-7H,8H2,1-3H3,(H,18,19). The van der Waals surface area contributed by atoms with Crippen LogP contribution in [0.2, 0.25) is 0 Å². The lowest BCUT2D eigenvalue weighted by molar-refractivity contribution is -0.119. The third-order valence-corrected chi connectivity index (χ3v) is 3.76. The molecule has 0 aliphatic carbocycles. The molecule has 2 aromatic rings. The maximum atomic E-state index is 12.0. The average molecular weight is 366 g/mol. The van der Waals surface area contributed by atoms with E-state index in [4.69, 9.17) is 9.15 Å². The van der Waals surface area contributed by atoms with Crippen LogP contribution in [0.25, 0.3) is 0 Å². The van der Waals surface area contributed by atoms with Crippen LogP contribution in [0, 0.1) is 20.8 Å². The van der Waals surface area contributed by atoms with E-state index in [9.17, 15) is 9.59 Å². The summed E-state index contributed by atoms with van der Waals surface area (Å²) < 4.78 is 11.3. The molecule has 2 rings (SSSR count). The zero-order valence-corrected chi connectivity index (χ0v) is 14.1. The third kappa shape index (κ3) is 3.76. The molecule has 0 aliphatic heterocycles. The summed E-state index contributed by atoms with van der Waals surface area (Å²) in [5, 5.41) is 2.65. The second-order valence-corrected chi connectivity index (χ2v) is 5.76. The van der Waals surface area contributed by atoms with E-state index < -0.39 is 11.9 Å². The summed E-state index contributed by atoms with van der Waals surface area (Å²) in [6.45, 7) is 4.90. The predicted octanol–water partition coefficient (Wildman–Crippen LogP) is 3.76. The van der Waals surface area contributed by atoms with Crippen molar-refractivity contribution >= 4 is 33.5 Å². The van der Waals surface area contributed by atoms with Gasteiger partial charge in [-0.3, -0.25) is 4.79 Å². The van der Waals surface area contributed by atoms with Crippen molar-refractivity contribution in [2.75, 3.05) is 11.9 Å². The van der Waals surface area contributed by atoms with Crippen molar-refractivity contribution < 1.29 is 18.7 Å². The summed E-state index contributed by atoms with van der Waals surface area (Å²) in [6, 6.07) is 7.11. The first-order valence-corrected chi connectivity index (χ1v) is 7.47. The molecule has 1 aromatic heterocycles. The van der Waals surface area contributed by atoms with E-state index in [1.165, 1.54) is 0 Å². The molecular weight excluding hydrogens is 350 g/mol. The summed E-state index contributed by atoms with van der Waals surface area (Å²) in [4.78, 5) is 23.8. The van der Waals surface area contributed by atoms with E-state index in [-0.39, 0.29) is 6.61 Å². The fraction of sp³-hybridized carbons (Fsp3) is 0.250. The average Bonchev–Trinajstić information content (AvgIpc) is 2.72. The zero-order chi connectivity index (χ0) is 16.3. The van der Waals surface area contributed by atoms with E-state index >= 15 is 0 Å². The van der Waals surface area contributed by atoms with Gasteiger partial charge in [0, 0.05) is 15.7 Å². The number of carbonyl (C=O) groups excluding carboxylic acids is 2. The van der Waals surface area contributed by atoms with Crippen molar-refractivity contribution in [2.24, 2.45) is 0 Å². The smallest absolute Gasteiger partial charge is 0.342 e. The number of amides is 1. The third-order valence-electron chi connectivity index (χ3n) is 3.23. The highest BCUT2D eigenvalue weighted by atomic mass is 79.9. The molecule has 1 aromatic carbocycles. The van der Waals surface area contributed by atoms with Gasteiger partial charge in [0.15, 0.2) is 6.61 Å². The maximum absolute atomic E-state index is 12.0. The predicted molar refractivity (Wildman–Crippen MR) is 86.0 cm³/mol. The Hall–Kier alpha value is -2.08. The number of ether oxygens (including phenoxy) is 1. The van der Waals surface area contributed by atoms with Crippen LogP contribution in [-0.4, -0.2) is 18.5 Å². The second-order valence-electron chi connectivity index (χ2n) is 4.85. The Bertz CT molecular complexity index is 704. The van der Waals surface area contributed by atoms with Gasteiger partial charge in [0.05, 0.1) is 0 Å². The van der Waals surface area contributed by atoms with Crippen LogP contribution in [0.1, 0.15) is 27.4 Å². The first kappa shape index (κ1) is 16.3. The quantitative estimate of drug-likeness (QED) is 0.837. The maximum Gasteiger partial charge on any atom is 0.342 e. The van der Waals surface area contributed by atoms with Crippen LogP contribution >= 0.6 is 15.9 Å². The molecule has 0 atom stereocenters. The monoisotopic (exact) mass is 365 g/mol. The highest BCUT2D eigenvalue weighted by Crippen LogP contribution is 2.21. The van der Waals surface area contributed by atoms with Gasteiger partial charge in [0.1, 0.15) is 17.1 Å². The molecule has 0 fully saturated rings. The Labute approximate surface area is 136 Å². The Balaban J connectivity index is 1.93. The van der Waals surface area contributed by atoms with Gasteiger partial charge in [-0.25, -0.2) is 4.79 Å². The van der Waals surface area contributed by atoms with Gasteiger partial charge < -0.3 is 14.5 Å². The number of furan rings is 1. The number of hydrogen-bond acceptors (Lipinski definition) is 4. The normalized spacial score (nSPS) is 10.4. The van der Waals surface area contributed by atoms with Crippen LogP contribution in [0.15, 0.2) is 33.2 Å². The van der Waals surface area contributed by atoms with Crippen molar-refractivity contribution in [3.63, 3.8) is 0 Å². The number of esters is 1. The minimum absolute atomic E-state index is 0.349. The molecule has 6 heteroatoms. The molecule has 22 heavy (non-hydrogen) atoms. The van der Waals surface area contributed by atoms with Gasteiger partial charge in [0.25, 0.3) is 5.91 Å². The van der Waals surface area contributed by atoms with Crippen LogP contribution < -0.4 is 5.32 Å². The van der Waals surface area contributed by atoms with E-state index in [0.717, 1.165) is 10.0 Å². The van der Waals surface area contributed by atoms with E-state index in [1.807, 2.05) is 12.1 Å². The summed E-state index contributed by atoms with van der Waals surface area (Å²) in [6.07, 6.45) is 0. The molecule has 0 bridgehead atoms. The molecule has 1 N–H and O–H groups in total. The van der Waals surface area contributed by atoms with Crippen LogP contribution in [0.3, 0.4) is 0 Å². The van der Waals surface area contributed by atoms with Crippen LogP contribution in [0.5, 0.6) is 0 Å². The van der Waals surface area contributed by atoms with Crippen molar-refractivity contribution in [1.29, 1.82) is 0 Å². The van der Waals surface area contributed by atoms with Gasteiger partial charge in [-0.05, 0) is 45.0 Å². The van der Waals surface area contributed by atoms with Crippen molar-refractivity contribution in [3.05, 3.63) is 51.4 Å². The van der Waals surface area contributed by atoms with Crippen molar-refractivity contribution in [3.8, 4) is 0 Å². The lowest BCUT2D eigenvalue weighted by Crippen LogP contribution is -2.21. The summed E-state index contributed by atoms with van der Waals surface area (Å²) >= 11 is 3.31. The fourth-order valence-electron chi connectivity index (χ4n) is 2.03. The van der Waals surface area contributed by atoms with Crippen molar-refractivity contribution in [1.82, 2.24) is 0 Å². The number of hydrogen-bond donors (Lipinski definition) is 1. The number of benzene rings is 1. The molecular formula is C16H16BrNO4. The summed E-state index contributed by atoms with van der Waals surface area (Å²) in [5.74, 6) is 0.209. The molecule has 0 aliphatic rings. The molecule has 116 valence electrons. The van der Waals surface area contributed by atoms with Crippen LogP contribution in [-0.2, 0) is 9.53 Å². The Morgan fingerprint density at radius 2 is 1.77 bits per heavy atom. The number of aryl methyl sites for hydroxylation is 2. The Kier molecular flexibility index (Phi) is 5.03. The fourth-order valence-corrected chi connectivity index (χ4v) is 2.29. The minimum atomic E-state index is -0.558. The topological polar surface area (TPSA) is 68.5 Å². The van der Waals surface area contributed by atoms with E-state index in [0.29, 0.717) is 22.8 Å². The number of nitrogens with one attached hydrogen (secondary N) is 1. The molecule has 5 nitrogen and oxygen atoms in total. The number of halogens is 1. The second kappa shape index (κ2) is 6.79. The van der Waals surface area contributed by atoms with Gasteiger partial charge in [-0.1, -0.05) is 15.9 Å². The Morgan fingerprint density at radius 3 is 2.32 bits per heavy atom. The summed E-state index contributed by atoms with van der Waals surface area (Å²) in [7, 11) is 0. The van der Waals surface area contributed by atoms with Crippen LogP contribution in [0.4, 0.5) is 5.69 Å². The minimum Gasteiger partial charge on any atom is -0.465 e.